The highest BCUT2D eigenvalue weighted by molar-refractivity contribution is 6.31. The van der Waals surface area contributed by atoms with E-state index in [1.807, 2.05) is 65.6 Å². The van der Waals surface area contributed by atoms with Crippen LogP contribution in [0.3, 0.4) is 0 Å². The van der Waals surface area contributed by atoms with Crippen LogP contribution in [0.25, 0.3) is 0 Å². The van der Waals surface area contributed by atoms with Crippen molar-refractivity contribution < 1.29 is 4.79 Å². The number of nitriles is 1. The van der Waals surface area contributed by atoms with Gasteiger partial charge in [0.15, 0.2) is 5.78 Å². The van der Waals surface area contributed by atoms with Gasteiger partial charge in [0.1, 0.15) is 5.82 Å². The fraction of sp³-hybridized carbons (Fsp3) is 0.143. The molecule has 168 valence electrons. The number of carbonyl (C=O) groups is 1. The lowest BCUT2D eigenvalue weighted by atomic mass is 9.72. The second-order valence-corrected chi connectivity index (χ2v) is 9.32. The van der Waals surface area contributed by atoms with Crippen molar-refractivity contribution in [3.8, 4) is 6.07 Å². The molecule has 1 aliphatic carbocycles. The normalized spacial score (nSPS) is 20.3. The molecule has 2 atom stereocenters. The number of rotatable bonds is 3. The summed E-state index contributed by atoms with van der Waals surface area (Å²) in [5.41, 5.74) is 10.9. The topological polar surface area (TPSA) is 70.1 Å². The molecule has 0 spiro atoms. The van der Waals surface area contributed by atoms with Crippen LogP contribution in [0.2, 0.25) is 10.0 Å². The van der Waals surface area contributed by atoms with Gasteiger partial charge in [0.05, 0.1) is 17.6 Å². The molecule has 0 saturated carbocycles. The average Bonchev–Trinajstić information content (AvgIpc) is 2.84. The van der Waals surface area contributed by atoms with Gasteiger partial charge in [-0.1, -0.05) is 77.8 Å². The van der Waals surface area contributed by atoms with Crippen LogP contribution in [0, 0.1) is 11.3 Å². The highest BCUT2D eigenvalue weighted by Gasteiger charge is 2.43. The molecule has 3 aromatic rings. The van der Waals surface area contributed by atoms with E-state index in [0.29, 0.717) is 45.3 Å². The van der Waals surface area contributed by atoms with Crippen LogP contribution in [0.4, 0.5) is 5.69 Å². The number of carbonyl (C=O) groups excluding carboxylic acids is 1. The Morgan fingerprint density at radius 1 is 0.941 bits per heavy atom. The van der Waals surface area contributed by atoms with Crippen molar-refractivity contribution in [1.82, 2.24) is 0 Å². The Bertz CT molecular complexity index is 1390. The van der Waals surface area contributed by atoms with E-state index in [4.69, 9.17) is 28.9 Å². The SMILES string of the molecule is N#CC1=C(N)N(c2cccc(Cl)c2)C2=C(C(=O)C[C@@H](c3ccccc3)C2)[C@H]1c1ccccc1Cl. The van der Waals surface area contributed by atoms with E-state index in [1.165, 1.54) is 0 Å². The Kier molecular flexibility index (Phi) is 5.91. The molecule has 3 aromatic carbocycles. The quantitative estimate of drug-likeness (QED) is 0.448. The molecule has 2 aliphatic rings. The fourth-order valence-corrected chi connectivity index (χ4v) is 5.45. The van der Waals surface area contributed by atoms with Crippen LogP contribution in [-0.2, 0) is 4.79 Å². The molecule has 0 fully saturated rings. The van der Waals surface area contributed by atoms with Crippen LogP contribution in [0.1, 0.15) is 35.8 Å². The predicted molar refractivity (Wildman–Crippen MR) is 135 cm³/mol. The van der Waals surface area contributed by atoms with E-state index in [-0.39, 0.29) is 17.5 Å². The third-order valence-corrected chi connectivity index (χ3v) is 7.10. The first-order valence-corrected chi connectivity index (χ1v) is 11.8. The van der Waals surface area contributed by atoms with Crippen molar-refractivity contribution in [3.05, 3.63) is 123 Å². The van der Waals surface area contributed by atoms with Gasteiger partial charge in [-0.25, -0.2) is 0 Å². The summed E-state index contributed by atoms with van der Waals surface area (Å²) in [6.07, 6.45) is 0.948. The van der Waals surface area contributed by atoms with Crippen molar-refractivity contribution >= 4 is 34.7 Å². The van der Waals surface area contributed by atoms with Gasteiger partial charge < -0.3 is 5.73 Å². The maximum absolute atomic E-state index is 13.8. The molecule has 0 radical (unpaired) electrons. The zero-order valence-corrected chi connectivity index (χ0v) is 19.7. The van der Waals surface area contributed by atoms with Crippen molar-refractivity contribution in [2.75, 3.05) is 4.90 Å². The zero-order valence-electron chi connectivity index (χ0n) is 18.2. The fourth-order valence-electron chi connectivity index (χ4n) is 5.02. The Balaban J connectivity index is 1.75. The summed E-state index contributed by atoms with van der Waals surface area (Å²) < 4.78 is 0. The van der Waals surface area contributed by atoms with Crippen LogP contribution in [-0.4, -0.2) is 5.78 Å². The molecule has 34 heavy (non-hydrogen) atoms. The van der Waals surface area contributed by atoms with Gasteiger partial charge >= 0.3 is 0 Å². The van der Waals surface area contributed by atoms with E-state index >= 15 is 0 Å². The number of ketones is 1. The van der Waals surface area contributed by atoms with Gasteiger partial charge in [0, 0.05) is 33.4 Å². The zero-order chi connectivity index (χ0) is 23.8. The van der Waals surface area contributed by atoms with Crippen LogP contribution in [0.15, 0.2) is 102 Å². The number of nitrogens with two attached hydrogens (primary N) is 1. The Hall–Kier alpha value is -3.52. The minimum Gasteiger partial charge on any atom is -0.384 e. The molecule has 1 heterocycles. The lowest BCUT2D eigenvalue weighted by Crippen LogP contribution is -2.40. The Labute approximate surface area is 208 Å². The number of benzene rings is 3. The third-order valence-electron chi connectivity index (χ3n) is 6.52. The monoisotopic (exact) mass is 485 g/mol. The number of Topliss-reactive ketones (excluding diaryl/α,β-unsaturated/α-hetero) is 1. The van der Waals surface area contributed by atoms with Gasteiger partial charge in [-0.3, -0.25) is 9.69 Å². The summed E-state index contributed by atoms with van der Waals surface area (Å²) >= 11 is 12.9. The number of halogens is 2. The number of anilines is 1. The number of hydrogen-bond donors (Lipinski definition) is 1. The van der Waals surface area contributed by atoms with Crippen molar-refractivity contribution in [2.24, 2.45) is 5.73 Å². The molecular formula is C28H21Cl2N3O. The van der Waals surface area contributed by atoms with Crippen LogP contribution < -0.4 is 10.6 Å². The Morgan fingerprint density at radius 2 is 1.68 bits per heavy atom. The van der Waals surface area contributed by atoms with E-state index in [2.05, 4.69) is 6.07 Å². The maximum Gasteiger partial charge on any atom is 0.162 e. The molecule has 2 N–H and O–H groups in total. The number of nitrogens with zero attached hydrogens (tertiary/aromatic N) is 2. The summed E-state index contributed by atoms with van der Waals surface area (Å²) in [6, 6.07) is 26.9. The summed E-state index contributed by atoms with van der Waals surface area (Å²) in [5, 5.41) is 11.2. The minimum absolute atomic E-state index is 0.00235. The minimum atomic E-state index is -0.617. The summed E-state index contributed by atoms with van der Waals surface area (Å²) in [5.74, 6) is -0.340. The molecule has 0 bridgehead atoms. The third kappa shape index (κ3) is 3.77. The summed E-state index contributed by atoms with van der Waals surface area (Å²) in [4.78, 5) is 15.6. The van der Waals surface area contributed by atoms with Crippen molar-refractivity contribution in [3.63, 3.8) is 0 Å². The first-order chi connectivity index (χ1) is 16.5. The molecule has 0 saturated heterocycles. The second kappa shape index (κ2) is 9.02. The molecule has 0 amide bonds. The van der Waals surface area contributed by atoms with Crippen molar-refractivity contribution in [1.29, 1.82) is 5.26 Å². The molecule has 1 aliphatic heterocycles. The standard InChI is InChI=1S/C28H21Cl2N3O/c29-19-9-6-10-20(15-19)33-24-13-18(17-7-2-1-3-8-17)14-25(34)27(24)26(22(16-31)28(33)32)21-11-4-5-12-23(21)30/h1-12,15,18,26H,13-14,32H2/t18-,26-/m0/s1. The van der Waals surface area contributed by atoms with Gasteiger partial charge in [-0.2, -0.15) is 5.26 Å². The maximum atomic E-state index is 13.8. The molecule has 6 heteroatoms. The van der Waals surface area contributed by atoms with E-state index < -0.39 is 5.92 Å². The van der Waals surface area contributed by atoms with Crippen LogP contribution >= 0.6 is 23.2 Å². The van der Waals surface area contributed by atoms with Gasteiger partial charge in [-0.15, -0.1) is 0 Å². The summed E-state index contributed by atoms with van der Waals surface area (Å²) in [7, 11) is 0. The molecule has 0 unspecified atom stereocenters. The number of allylic oxidation sites excluding steroid dienone is 3. The van der Waals surface area contributed by atoms with Gasteiger partial charge in [0.25, 0.3) is 0 Å². The first kappa shape index (κ1) is 22.3. The molecular weight excluding hydrogens is 465 g/mol. The highest BCUT2D eigenvalue weighted by Crippen LogP contribution is 2.50. The molecule has 4 nitrogen and oxygen atoms in total. The smallest absolute Gasteiger partial charge is 0.162 e. The van der Waals surface area contributed by atoms with Gasteiger partial charge in [0.2, 0.25) is 0 Å². The van der Waals surface area contributed by atoms with Crippen molar-refractivity contribution in [2.45, 2.75) is 24.7 Å². The lowest BCUT2D eigenvalue weighted by molar-refractivity contribution is -0.116. The van der Waals surface area contributed by atoms with Gasteiger partial charge in [-0.05, 0) is 47.7 Å². The predicted octanol–water partition coefficient (Wildman–Crippen LogP) is 6.69. The van der Waals surface area contributed by atoms with E-state index in [1.54, 1.807) is 18.2 Å². The highest BCUT2D eigenvalue weighted by atomic mass is 35.5. The lowest BCUT2D eigenvalue weighted by Gasteiger charge is -2.41. The molecule has 5 rings (SSSR count). The molecule has 0 aromatic heterocycles. The Morgan fingerprint density at radius 3 is 2.38 bits per heavy atom. The first-order valence-electron chi connectivity index (χ1n) is 11.0. The largest absolute Gasteiger partial charge is 0.384 e. The second-order valence-electron chi connectivity index (χ2n) is 8.48. The average molecular weight is 486 g/mol. The van der Waals surface area contributed by atoms with E-state index in [9.17, 15) is 10.1 Å². The summed E-state index contributed by atoms with van der Waals surface area (Å²) in [6.45, 7) is 0. The number of hydrogen-bond acceptors (Lipinski definition) is 4. The van der Waals surface area contributed by atoms with E-state index in [0.717, 1.165) is 11.3 Å². The van der Waals surface area contributed by atoms with Crippen LogP contribution in [0.5, 0.6) is 0 Å².